The van der Waals surface area contributed by atoms with Crippen LogP contribution in [0.5, 0.6) is 0 Å². The summed E-state index contributed by atoms with van der Waals surface area (Å²) in [6, 6.07) is 8.39. The van der Waals surface area contributed by atoms with Crippen molar-refractivity contribution < 1.29 is 0 Å². The first-order chi connectivity index (χ1) is 8.15. The predicted octanol–water partition coefficient (Wildman–Crippen LogP) is 3.34. The van der Waals surface area contributed by atoms with Crippen LogP contribution >= 0.6 is 0 Å². The number of nitrogen functional groups attached to an aromatic ring is 1. The standard InChI is InChI=1S/C14H19N3/c1-4-9(2)11-5-6-13-12(8-11)14(17-15)7-10(3)16-13/h5-9H,4,15H2,1-3H3,(H,16,17). The monoisotopic (exact) mass is 229 g/mol. The summed E-state index contributed by atoms with van der Waals surface area (Å²) in [5.74, 6) is 6.13. The second-order valence-corrected chi connectivity index (χ2v) is 4.54. The molecule has 90 valence electrons. The molecule has 0 spiro atoms. The van der Waals surface area contributed by atoms with Crippen LogP contribution in [0.15, 0.2) is 24.3 Å². The Labute approximate surface area is 102 Å². The van der Waals surface area contributed by atoms with E-state index in [1.54, 1.807) is 0 Å². The van der Waals surface area contributed by atoms with E-state index >= 15 is 0 Å². The van der Waals surface area contributed by atoms with Gasteiger partial charge in [-0.1, -0.05) is 19.9 Å². The second kappa shape index (κ2) is 4.72. The molecule has 0 bridgehead atoms. The van der Waals surface area contributed by atoms with Crippen LogP contribution < -0.4 is 11.3 Å². The van der Waals surface area contributed by atoms with Crippen molar-refractivity contribution in [1.82, 2.24) is 4.98 Å². The Morgan fingerprint density at radius 2 is 2.12 bits per heavy atom. The highest BCUT2D eigenvalue weighted by molar-refractivity contribution is 5.91. The van der Waals surface area contributed by atoms with Crippen LogP contribution in [0.4, 0.5) is 5.69 Å². The number of aryl methyl sites for hydroxylation is 1. The minimum Gasteiger partial charge on any atom is -0.323 e. The van der Waals surface area contributed by atoms with Crippen molar-refractivity contribution >= 4 is 16.6 Å². The maximum absolute atomic E-state index is 5.57. The van der Waals surface area contributed by atoms with Gasteiger partial charge in [-0.05, 0) is 43.0 Å². The molecule has 1 unspecified atom stereocenters. The second-order valence-electron chi connectivity index (χ2n) is 4.54. The Balaban J connectivity index is 2.63. The number of hydrogen-bond donors (Lipinski definition) is 2. The normalized spacial score (nSPS) is 12.7. The molecule has 3 heteroatoms. The number of rotatable bonds is 3. The van der Waals surface area contributed by atoms with Crippen molar-refractivity contribution in [3.8, 4) is 0 Å². The first-order valence-corrected chi connectivity index (χ1v) is 6.03. The molecule has 1 heterocycles. The number of fused-ring (bicyclic) bond motifs is 1. The molecular weight excluding hydrogens is 210 g/mol. The summed E-state index contributed by atoms with van der Waals surface area (Å²) >= 11 is 0. The Hall–Kier alpha value is -1.61. The van der Waals surface area contributed by atoms with E-state index in [9.17, 15) is 0 Å². The van der Waals surface area contributed by atoms with Crippen LogP contribution in [0.1, 0.15) is 37.4 Å². The maximum atomic E-state index is 5.57. The first-order valence-electron chi connectivity index (χ1n) is 6.03. The van der Waals surface area contributed by atoms with Gasteiger partial charge in [-0.15, -0.1) is 0 Å². The highest BCUT2D eigenvalue weighted by Crippen LogP contribution is 2.27. The molecule has 2 rings (SSSR count). The summed E-state index contributed by atoms with van der Waals surface area (Å²) in [4.78, 5) is 4.51. The lowest BCUT2D eigenvalue weighted by Gasteiger charge is -2.12. The SMILES string of the molecule is CCC(C)c1ccc2nc(C)cc(NN)c2c1. The first kappa shape index (κ1) is 11.9. The number of benzene rings is 1. The lowest BCUT2D eigenvalue weighted by molar-refractivity contribution is 0.734. The third-order valence-corrected chi connectivity index (χ3v) is 3.30. The molecule has 0 aliphatic rings. The van der Waals surface area contributed by atoms with Crippen LogP contribution in [0.25, 0.3) is 10.9 Å². The Bertz CT molecular complexity index is 534. The number of nitrogens with two attached hydrogens (primary N) is 1. The summed E-state index contributed by atoms with van der Waals surface area (Å²) in [6.45, 7) is 6.41. The quantitative estimate of drug-likeness (QED) is 0.627. The Kier molecular flexibility index (Phi) is 3.29. The topological polar surface area (TPSA) is 50.9 Å². The molecule has 0 saturated carbocycles. The average Bonchev–Trinajstić information content (AvgIpc) is 2.36. The fraction of sp³-hybridized carbons (Fsp3) is 0.357. The van der Waals surface area contributed by atoms with Gasteiger partial charge in [0.1, 0.15) is 0 Å². The summed E-state index contributed by atoms with van der Waals surface area (Å²) in [5, 5.41) is 1.09. The fourth-order valence-corrected chi connectivity index (χ4v) is 2.04. The average molecular weight is 229 g/mol. The van der Waals surface area contributed by atoms with E-state index in [4.69, 9.17) is 5.84 Å². The van der Waals surface area contributed by atoms with Crippen molar-refractivity contribution in [2.45, 2.75) is 33.1 Å². The lowest BCUT2D eigenvalue weighted by atomic mass is 9.96. The number of hydrogen-bond acceptors (Lipinski definition) is 3. The number of hydrazine groups is 1. The molecule has 1 atom stereocenters. The molecule has 0 aliphatic heterocycles. The molecule has 1 aromatic heterocycles. The lowest BCUT2D eigenvalue weighted by Crippen LogP contribution is -2.08. The van der Waals surface area contributed by atoms with Gasteiger partial charge in [0.05, 0.1) is 11.2 Å². The largest absolute Gasteiger partial charge is 0.323 e. The number of aromatic nitrogens is 1. The Morgan fingerprint density at radius 3 is 2.76 bits per heavy atom. The summed E-state index contributed by atoms with van der Waals surface area (Å²) in [5.41, 5.74) is 7.00. The zero-order valence-corrected chi connectivity index (χ0v) is 10.6. The van der Waals surface area contributed by atoms with Crippen LogP contribution in [0.2, 0.25) is 0 Å². The van der Waals surface area contributed by atoms with Crippen LogP contribution in [0.3, 0.4) is 0 Å². The van der Waals surface area contributed by atoms with Gasteiger partial charge in [0.15, 0.2) is 0 Å². The minimum atomic E-state index is 0.561. The van der Waals surface area contributed by atoms with Gasteiger partial charge >= 0.3 is 0 Å². The van der Waals surface area contributed by atoms with E-state index in [-0.39, 0.29) is 0 Å². The molecule has 0 radical (unpaired) electrons. The van der Waals surface area contributed by atoms with E-state index in [1.807, 2.05) is 13.0 Å². The fourth-order valence-electron chi connectivity index (χ4n) is 2.04. The smallest absolute Gasteiger partial charge is 0.0726 e. The molecule has 2 aromatic rings. The van der Waals surface area contributed by atoms with Gasteiger partial charge in [0.25, 0.3) is 0 Å². The zero-order chi connectivity index (χ0) is 12.4. The Morgan fingerprint density at radius 1 is 1.35 bits per heavy atom. The molecule has 0 fully saturated rings. The van der Waals surface area contributed by atoms with Gasteiger partial charge in [0.2, 0.25) is 0 Å². The molecule has 3 N–H and O–H groups in total. The number of nitrogens with zero attached hydrogens (tertiary/aromatic N) is 1. The molecule has 0 amide bonds. The van der Waals surface area contributed by atoms with Gasteiger partial charge in [-0.25, -0.2) is 0 Å². The van der Waals surface area contributed by atoms with E-state index in [2.05, 4.69) is 42.5 Å². The third kappa shape index (κ3) is 2.24. The molecule has 17 heavy (non-hydrogen) atoms. The third-order valence-electron chi connectivity index (χ3n) is 3.30. The van der Waals surface area contributed by atoms with Crippen LogP contribution in [-0.2, 0) is 0 Å². The summed E-state index contributed by atoms with van der Waals surface area (Å²) in [6.07, 6.45) is 1.14. The molecule has 0 aliphatic carbocycles. The molecule has 3 nitrogen and oxygen atoms in total. The minimum absolute atomic E-state index is 0.561. The highest BCUT2D eigenvalue weighted by atomic mass is 15.2. The predicted molar refractivity (Wildman–Crippen MR) is 73.0 cm³/mol. The van der Waals surface area contributed by atoms with Gasteiger partial charge in [-0.3, -0.25) is 10.8 Å². The number of nitrogens with one attached hydrogen (secondary N) is 1. The zero-order valence-electron chi connectivity index (χ0n) is 10.6. The van der Waals surface area contributed by atoms with Crippen LogP contribution in [-0.4, -0.2) is 4.98 Å². The summed E-state index contributed by atoms with van der Waals surface area (Å²) < 4.78 is 0. The van der Waals surface area contributed by atoms with Crippen LogP contribution in [0, 0.1) is 6.92 Å². The van der Waals surface area contributed by atoms with Crippen molar-refractivity contribution in [3.63, 3.8) is 0 Å². The van der Waals surface area contributed by atoms with Crippen molar-refractivity contribution in [3.05, 3.63) is 35.5 Å². The number of pyridine rings is 1. The maximum Gasteiger partial charge on any atom is 0.0726 e. The van der Waals surface area contributed by atoms with Crippen molar-refractivity contribution in [1.29, 1.82) is 0 Å². The van der Waals surface area contributed by atoms with Crippen molar-refractivity contribution in [2.24, 2.45) is 5.84 Å². The van der Waals surface area contributed by atoms with E-state index < -0.39 is 0 Å². The van der Waals surface area contributed by atoms with Gasteiger partial charge in [-0.2, -0.15) is 0 Å². The van der Waals surface area contributed by atoms with E-state index in [0.29, 0.717) is 5.92 Å². The molecular formula is C14H19N3. The number of anilines is 1. The highest BCUT2D eigenvalue weighted by Gasteiger charge is 2.07. The van der Waals surface area contributed by atoms with Crippen molar-refractivity contribution in [2.75, 3.05) is 5.43 Å². The van der Waals surface area contributed by atoms with Gasteiger partial charge < -0.3 is 5.43 Å². The van der Waals surface area contributed by atoms with E-state index in [0.717, 1.165) is 28.7 Å². The molecule has 1 aromatic carbocycles. The summed E-state index contributed by atoms with van der Waals surface area (Å²) in [7, 11) is 0. The van der Waals surface area contributed by atoms with Gasteiger partial charge in [0, 0.05) is 11.1 Å². The molecule has 0 saturated heterocycles. The van der Waals surface area contributed by atoms with E-state index in [1.165, 1.54) is 5.56 Å².